The van der Waals surface area contributed by atoms with Crippen LogP contribution in [0, 0.1) is 0 Å². The summed E-state index contributed by atoms with van der Waals surface area (Å²) in [5.41, 5.74) is 2.68. The van der Waals surface area contributed by atoms with Gasteiger partial charge < -0.3 is 10.6 Å². The molecule has 0 aliphatic heterocycles. The van der Waals surface area contributed by atoms with Crippen LogP contribution in [0.5, 0.6) is 0 Å². The van der Waals surface area contributed by atoms with Crippen LogP contribution in [0.3, 0.4) is 0 Å². The highest BCUT2D eigenvalue weighted by Gasteiger charge is 2.06. The topological polar surface area (TPSA) is 66.9 Å². The van der Waals surface area contributed by atoms with Crippen LogP contribution in [0.4, 0.5) is 11.6 Å². The number of aromatic nitrogens is 2. The van der Waals surface area contributed by atoms with E-state index in [0.717, 1.165) is 18.5 Å². The Labute approximate surface area is 124 Å². The van der Waals surface area contributed by atoms with Crippen molar-refractivity contribution < 1.29 is 4.79 Å². The molecule has 2 N–H and O–H groups in total. The molecule has 0 saturated carbocycles. The number of nitrogens with zero attached hydrogens (tertiary/aromatic N) is 2. The van der Waals surface area contributed by atoms with E-state index in [9.17, 15) is 4.79 Å². The molecular weight excluding hydrogens is 264 g/mol. The van der Waals surface area contributed by atoms with Crippen LogP contribution in [0.2, 0.25) is 0 Å². The third-order valence-corrected chi connectivity index (χ3v) is 3.07. The predicted molar refractivity (Wildman–Crippen MR) is 83.8 cm³/mol. The number of amides is 1. The Morgan fingerprint density at radius 2 is 1.76 bits per heavy atom. The molecule has 1 amide bonds. The summed E-state index contributed by atoms with van der Waals surface area (Å²) in [6, 6.07) is 8.11. The first-order chi connectivity index (χ1) is 10.2. The number of benzene rings is 1. The zero-order valence-electron chi connectivity index (χ0n) is 12.4. The normalized spacial score (nSPS) is 10.2. The van der Waals surface area contributed by atoms with Crippen LogP contribution in [-0.4, -0.2) is 22.4 Å². The SMILES string of the molecule is CCCNC(=O)c1cnc(Nc2ccc(CC)cc2)nc1. The Morgan fingerprint density at radius 3 is 2.33 bits per heavy atom. The molecule has 0 spiro atoms. The minimum Gasteiger partial charge on any atom is -0.352 e. The minimum atomic E-state index is -0.143. The van der Waals surface area contributed by atoms with E-state index in [0.29, 0.717) is 18.1 Å². The van der Waals surface area contributed by atoms with E-state index in [1.807, 2.05) is 19.1 Å². The fraction of sp³-hybridized carbons (Fsp3) is 0.312. The largest absolute Gasteiger partial charge is 0.352 e. The van der Waals surface area contributed by atoms with Crippen LogP contribution in [0.1, 0.15) is 36.2 Å². The van der Waals surface area contributed by atoms with Crippen molar-refractivity contribution in [2.24, 2.45) is 0 Å². The van der Waals surface area contributed by atoms with Crippen molar-refractivity contribution in [2.45, 2.75) is 26.7 Å². The van der Waals surface area contributed by atoms with Crippen LogP contribution < -0.4 is 10.6 Å². The van der Waals surface area contributed by atoms with Gasteiger partial charge in [0.25, 0.3) is 5.91 Å². The quantitative estimate of drug-likeness (QED) is 0.856. The van der Waals surface area contributed by atoms with Gasteiger partial charge in [0, 0.05) is 24.6 Å². The molecule has 5 nitrogen and oxygen atoms in total. The molecule has 0 atom stereocenters. The highest BCUT2D eigenvalue weighted by atomic mass is 16.1. The molecule has 0 aliphatic carbocycles. The molecule has 5 heteroatoms. The van der Waals surface area contributed by atoms with Crippen molar-refractivity contribution in [3.63, 3.8) is 0 Å². The maximum absolute atomic E-state index is 11.7. The molecule has 0 bridgehead atoms. The van der Waals surface area contributed by atoms with Gasteiger partial charge in [0.1, 0.15) is 0 Å². The molecule has 2 aromatic rings. The highest BCUT2D eigenvalue weighted by molar-refractivity contribution is 5.93. The Bertz CT molecular complexity index is 578. The van der Waals surface area contributed by atoms with E-state index < -0.39 is 0 Å². The third-order valence-electron chi connectivity index (χ3n) is 3.07. The Kier molecular flexibility index (Phi) is 5.26. The molecule has 21 heavy (non-hydrogen) atoms. The average molecular weight is 284 g/mol. The number of aryl methyl sites for hydroxylation is 1. The molecule has 2 rings (SSSR count). The first-order valence-corrected chi connectivity index (χ1v) is 7.19. The molecule has 0 saturated heterocycles. The summed E-state index contributed by atoms with van der Waals surface area (Å²) in [5, 5.41) is 5.90. The van der Waals surface area contributed by atoms with Crippen molar-refractivity contribution >= 4 is 17.5 Å². The van der Waals surface area contributed by atoms with Gasteiger partial charge in [-0.1, -0.05) is 26.0 Å². The van der Waals surface area contributed by atoms with Gasteiger partial charge in [0.15, 0.2) is 0 Å². The molecule has 0 aliphatic rings. The summed E-state index contributed by atoms with van der Waals surface area (Å²) in [7, 11) is 0. The number of anilines is 2. The van der Waals surface area contributed by atoms with Crippen LogP contribution >= 0.6 is 0 Å². The van der Waals surface area contributed by atoms with E-state index in [-0.39, 0.29) is 5.91 Å². The van der Waals surface area contributed by atoms with Gasteiger partial charge in [0.05, 0.1) is 5.56 Å². The summed E-state index contributed by atoms with van der Waals surface area (Å²) in [6.45, 7) is 4.78. The van der Waals surface area contributed by atoms with Crippen LogP contribution in [0.25, 0.3) is 0 Å². The van der Waals surface area contributed by atoms with Gasteiger partial charge in [-0.25, -0.2) is 9.97 Å². The van der Waals surface area contributed by atoms with E-state index >= 15 is 0 Å². The van der Waals surface area contributed by atoms with Crippen molar-refractivity contribution in [1.29, 1.82) is 0 Å². The van der Waals surface area contributed by atoms with Crippen molar-refractivity contribution in [1.82, 2.24) is 15.3 Å². The first kappa shape index (κ1) is 15.0. The lowest BCUT2D eigenvalue weighted by molar-refractivity contribution is 0.0953. The van der Waals surface area contributed by atoms with Crippen molar-refractivity contribution in [2.75, 3.05) is 11.9 Å². The second-order valence-electron chi connectivity index (χ2n) is 4.73. The van der Waals surface area contributed by atoms with Crippen LogP contribution in [-0.2, 0) is 6.42 Å². The summed E-state index contributed by atoms with van der Waals surface area (Å²) >= 11 is 0. The van der Waals surface area contributed by atoms with Gasteiger partial charge in [-0.3, -0.25) is 4.79 Å². The summed E-state index contributed by atoms with van der Waals surface area (Å²) in [4.78, 5) is 20.1. The molecule has 0 unspecified atom stereocenters. The molecular formula is C16H20N4O. The van der Waals surface area contributed by atoms with E-state index in [1.165, 1.54) is 18.0 Å². The zero-order valence-corrected chi connectivity index (χ0v) is 12.4. The first-order valence-electron chi connectivity index (χ1n) is 7.19. The van der Waals surface area contributed by atoms with Crippen LogP contribution in [0.15, 0.2) is 36.7 Å². The maximum atomic E-state index is 11.7. The van der Waals surface area contributed by atoms with E-state index in [1.54, 1.807) is 0 Å². The lowest BCUT2D eigenvalue weighted by Gasteiger charge is -2.06. The number of carbonyl (C=O) groups excluding carboxylic acids is 1. The van der Waals surface area contributed by atoms with Gasteiger partial charge >= 0.3 is 0 Å². The Balaban J connectivity index is 1.99. The maximum Gasteiger partial charge on any atom is 0.254 e. The number of carbonyl (C=O) groups is 1. The Morgan fingerprint density at radius 1 is 1.10 bits per heavy atom. The second kappa shape index (κ2) is 7.38. The molecule has 0 fully saturated rings. The fourth-order valence-electron chi connectivity index (χ4n) is 1.80. The molecule has 0 radical (unpaired) electrons. The predicted octanol–water partition coefficient (Wildman–Crippen LogP) is 2.92. The lowest BCUT2D eigenvalue weighted by atomic mass is 10.1. The lowest BCUT2D eigenvalue weighted by Crippen LogP contribution is -2.24. The summed E-state index contributed by atoms with van der Waals surface area (Å²) in [6.07, 6.45) is 4.97. The summed E-state index contributed by atoms with van der Waals surface area (Å²) in [5.74, 6) is 0.335. The smallest absolute Gasteiger partial charge is 0.254 e. The van der Waals surface area contributed by atoms with E-state index in [4.69, 9.17) is 0 Å². The van der Waals surface area contributed by atoms with Gasteiger partial charge in [0.2, 0.25) is 5.95 Å². The standard InChI is InChI=1S/C16H20N4O/c1-3-9-17-15(21)13-10-18-16(19-11-13)20-14-7-5-12(4-2)6-8-14/h5-8,10-11H,3-4,9H2,1-2H3,(H,17,21)(H,18,19,20). The number of hydrogen-bond acceptors (Lipinski definition) is 4. The number of rotatable bonds is 6. The van der Waals surface area contributed by atoms with Gasteiger partial charge in [-0.05, 0) is 30.5 Å². The Hall–Kier alpha value is -2.43. The average Bonchev–Trinajstić information content (AvgIpc) is 2.54. The number of hydrogen-bond donors (Lipinski definition) is 2. The summed E-state index contributed by atoms with van der Waals surface area (Å²) < 4.78 is 0. The highest BCUT2D eigenvalue weighted by Crippen LogP contribution is 2.14. The van der Waals surface area contributed by atoms with E-state index in [2.05, 4.69) is 39.7 Å². The molecule has 1 aromatic carbocycles. The zero-order chi connectivity index (χ0) is 15.1. The number of nitrogens with one attached hydrogen (secondary N) is 2. The molecule has 1 heterocycles. The second-order valence-corrected chi connectivity index (χ2v) is 4.73. The fourth-order valence-corrected chi connectivity index (χ4v) is 1.80. The van der Waals surface area contributed by atoms with Crippen molar-refractivity contribution in [3.05, 3.63) is 47.8 Å². The third kappa shape index (κ3) is 4.27. The minimum absolute atomic E-state index is 0.143. The molecule has 110 valence electrons. The van der Waals surface area contributed by atoms with Gasteiger partial charge in [-0.15, -0.1) is 0 Å². The van der Waals surface area contributed by atoms with Gasteiger partial charge in [-0.2, -0.15) is 0 Å². The monoisotopic (exact) mass is 284 g/mol. The van der Waals surface area contributed by atoms with Crippen molar-refractivity contribution in [3.8, 4) is 0 Å². The molecule has 1 aromatic heterocycles.